The Morgan fingerprint density at radius 3 is 3.00 bits per heavy atom. The maximum absolute atomic E-state index is 9.33. The van der Waals surface area contributed by atoms with Gasteiger partial charge in [0.2, 0.25) is 0 Å². The smallest absolute Gasteiger partial charge is 0.130 e. The number of ether oxygens (including phenoxy) is 2. The van der Waals surface area contributed by atoms with Crippen LogP contribution in [0.1, 0.15) is 18.4 Å². The van der Waals surface area contributed by atoms with Crippen molar-refractivity contribution in [3.63, 3.8) is 0 Å². The molecular formula is C10H12O3. The van der Waals surface area contributed by atoms with Crippen molar-refractivity contribution in [2.45, 2.75) is 12.8 Å². The summed E-state index contributed by atoms with van der Waals surface area (Å²) >= 11 is 0. The fourth-order valence-electron chi connectivity index (χ4n) is 1.66. The quantitative estimate of drug-likeness (QED) is 0.717. The molecule has 1 heterocycles. The molecule has 0 saturated heterocycles. The lowest BCUT2D eigenvalue weighted by molar-refractivity contribution is 0.336. The molecule has 0 aliphatic carbocycles. The second kappa shape index (κ2) is 2.83. The number of hydrogen-bond acceptors (Lipinski definition) is 3. The van der Waals surface area contributed by atoms with Crippen LogP contribution >= 0.6 is 0 Å². The van der Waals surface area contributed by atoms with Crippen LogP contribution in [-0.4, -0.2) is 18.8 Å². The Bertz CT molecular complexity index is 333. The van der Waals surface area contributed by atoms with Crippen LogP contribution in [0.25, 0.3) is 0 Å². The summed E-state index contributed by atoms with van der Waals surface area (Å²) in [4.78, 5) is 0. The van der Waals surface area contributed by atoms with Gasteiger partial charge in [-0.2, -0.15) is 0 Å². The van der Waals surface area contributed by atoms with Gasteiger partial charge in [0.15, 0.2) is 0 Å². The molecule has 0 bridgehead atoms. The number of phenols is 1. The Morgan fingerprint density at radius 2 is 2.31 bits per heavy atom. The molecule has 0 aromatic heterocycles. The second-order valence-electron chi connectivity index (χ2n) is 3.27. The van der Waals surface area contributed by atoms with Crippen molar-refractivity contribution in [3.05, 3.63) is 17.7 Å². The van der Waals surface area contributed by atoms with Crippen molar-refractivity contribution in [2.75, 3.05) is 13.7 Å². The van der Waals surface area contributed by atoms with E-state index in [1.54, 1.807) is 19.2 Å². The average Bonchev–Trinajstić information content (AvgIpc) is 2.46. The van der Waals surface area contributed by atoms with E-state index in [1.807, 2.05) is 0 Å². The van der Waals surface area contributed by atoms with Crippen LogP contribution in [0.5, 0.6) is 17.2 Å². The molecule has 1 atom stereocenters. The van der Waals surface area contributed by atoms with Crippen LogP contribution in [0.2, 0.25) is 0 Å². The maximum Gasteiger partial charge on any atom is 0.130 e. The number of aromatic hydroxyl groups is 1. The van der Waals surface area contributed by atoms with Crippen LogP contribution < -0.4 is 9.47 Å². The van der Waals surface area contributed by atoms with Gasteiger partial charge in [-0.05, 0) is 0 Å². The summed E-state index contributed by atoms with van der Waals surface area (Å²) in [7, 11) is 1.60. The first kappa shape index (κ1) is 8.23. The molecule has 0 fully saturated rings. The van der Waals surface area contributed by atoms with Gasteiger partial charge in [0.25, 0.3) is 0 Å². The summed E-state index contributed by atoms with van der Waals surface area (Å²) in [5, 5.41) is 9.33. The van der Waals surface area contributed by atoms with E-state index in [4.69, 9.17) is 9.47 Å². The van der Waals surface area contributed by atoms with Crippen LogP contribution in [0.15, 0.2) is 12.1 Å². The minimum Gasteiger partial charge on any atom is -0.508 e. The molecular weight excluding hydrogens is 168 g/mol. The predicted octanol–water partition coefficient (Wildman–Crippen LogP) is 1.90. The second-order valence-corrected chi connectivity index (χ2v) is 3.27. The fourth-order valence-corrected chi connectivity index (χ4v) is 1.66. The minimum absolute atomic E-state index is 0.185. The number of fused-ring (bicyclic) bond motifs is 1. The van der Waals surface area contributed by atoms with Crippen molar-refractivity contribution in [2.24, 2.45) is 0 Å². The highest BCUT2D eigenvalue weighted by Gasteiger charge is 2.25. The van der Waals surface area contributed by atoms with E-state index in [0.717, 1.165) is 11.3 Å². The van der Waals surface area contributed by atoms with Gasteiger partial charge in [0.1, 0.15) is 17.2 Å². The highest BCUT2D eigenvalue weighted by atomic mass is 16.5. The summed E-state index contributed by atoms with van der Waals surface area (Å²) < 4.78 is 10.6. The van der Waals surface area contributed by atoms with E-state index in [9.17, 15) is 5.11 Å². The van der Waals surface area contributed by atoms with Gasteiger partial charge >= 0.3 is 0 Å². The summed E-state index contributed by atoms with van der Waals surface area (Å²) in [5.41, 5.74) is 1.06. The lowest BCUT2D eigenvalue weighted by atomic mass is 10.0. The molecule has 1 aromatic carbocycles. The Balaban J connectivity index is 2.57. The van der Waals surface area contributed by atoms with E-state index in [-0.39, 0.29) is 5.75 Å². The Kier molecular flexibility index (Phi) is 1.79. The molecule has 1 aliphatic rings. The van der Waals surface area contributed by atoms with Gasteiger partial charge in [-0.1, -0.05) is 6.92 Å². The predicted molar refractivity (Wildman–Crippen MR) is 48.6 cm³/mol. The number of benzene rings is 1. The van der Waals surface area contributed by atoms with Gasteiger partial charge < -0.3 is 14.6 Å². The first-order chi connectivity index (χ1) is 6.22. The lowest BCUT2D eigenvalue weighted by Gasteiger charge is -2.08. The SMILES string of the molecule is COc1cc(O)cc2c1C(C)CO2. The number of hydrogen-bond donors (Lipinski definition) is 1. The van der Waals surface area contributed by atoms with E-state index < -0.39 is 0 Å². The molecule has 13 heavy (non-hydrogen) atoms. The molecule has 2 rings (SSSR count). The molecule has 1 aliphatic heterocycles. The Morgan fingerprint density at radius 1 is 1.54 bits per heavy atom. The highest BCUT2D eigenvalue weighted by Crippen LogP contribution is 2.42. The zero-order chi connectivity index (χ0) is 9.42. The summed E-state index contributed by atoms with van der Waals surface area (Å²) in [6.45, 7) is 2.74. The van der Waals surface area contributed by atoms with Gasteiger partial charge in [0.05, 0.1) is 13.7 Å². The van der Waals surface area contributed by atoms with E-state index >= 15 is 0 Å². The molecule has 3 nitrogen and oxygen atoms in total. The first-order valence-electron chi connectivity index (χ1n) is 4.26. The van der Waals surface area contributed by atoms with Crippen molar-refractivity contribution >= 4 is 0 Å². The van der Waals surface area contributed by atoms with Crippen LogP contribution in [0, 0.1) is 0 Å². The largest absolute Gasteiger partial charge is 0.508 e. The molecule has 0 radical (unpaired) electrons. The molecule has 0 saturated carbocycles. The fraction of sp³-hybridized carbons (Fsp3) is 0.400. The molecule has 0 spiro atoms. The summed E-state index contributed by atoms with van der Waals surface area (Å²) in [6, 6.07) is 3.24. The Labute approximate surface area is 76.9 Å². The molecule has 1 N–H and O–H groups in total. The number of phenolic OH excluding ortho intramolecular Hbond substituents is 1. The zero-order valence-corrected chi connectivity index (χ0v) is 7.70. The highest BCUT2D eigenvalue weighted by molar-refractivity contribution is 5.53. The minimum atomic E-state index is 0.185. The van der Waals surface area contributed by atoms with Gasteiger partial charge in [-0.3, -0.25) is 0 Å². The van der Waals surface area contributed by atoms with Crippen LogP contribution in [-0.2, 0) is 0 Å². The van der Waals surface area contributed by atoms with Crippen molar-refractivity contribution in [1.82, 2.24) is 0 Å². The normalized spacial score (nSPS) is 19.4. The monoisotopic (exact) mass is 180 g/mol. The maximum atomic E-state index is 9.33. The van der Waals surface area contributed by atoms with Gasteiger partial charge in [0, 0.05) is 23.6 Å². The molecule has 70 valence electrons. The molecule has 3 heteroatoms. The topological polar surface area (TPSA) is 38.7 Å². The van der Waals surface area contributed by atoms with Gasteiger partial charge in [-0.15, -0.1) is 0 Å². The zero-order valence-electron chi connectivity index (χ0n) is 7.70. The first-order valence-corrected chi connectivity index (χ1v) is 4.26. The third-order valence-electron chi connectivity index (χ3n) is 2.29. The average molecular weight is 180 g/mol. The molecule has 1 aromatic rings. The van der Waals surface area contributed by atoms with Crippen molar-refractivity contribution < 1.29 is 14.6 Å². The van der Waals surface area contributed by atoms with Crippen LogP contribution in [0.4, 0.5) is 0 Å². The molecule has 1 unspecified atom stereocenters. The van der Waals surface area contributed by atoms with E-state index in [2.05, 4.69) is 6.92 Å². The lowest BCUT2D eigenvalue weighted by Crippen LogP contribution is -1.95. The summed E-state index contributed by atoms with van der Waals surface area (Å²) in [6.07, 6.45) is 0. The molecule has 0 amide bonds. The third-order valence-corrected chi connectivity index (χ3v) is 2.29. The van der Waals surface area contributed by atoms with Crippen molar-refractivity contribution in [3.8, 4) is 17.2 Å². The van der Waals surface area contributed by atoms with Crippen molar-refractivity contribution in [1.29, 1.82) is 0 Å². The van der Waals surface area contributed by atoms with E-state index in [0.29, 0.717) is 18.3 Å². The van der Waals surface area contributed by atoms with Gasteiger partial charge in [-0.25, -0.2) is 0 Å². The Hall–Kier alpha value is -1.38. The van der Waals surface area contributed by atoms with E-state index in [1.165, 1.54) is 0 Å². The summed E-state index contributed by atoms with van der Waals surface area (Å²) in [5.74, 6) is 1.97. The van der Waals surface area contributed by atoms with Crippen LogP contribution in [0.3, 0.4) is 0 Å². The third kappa shape index (κ3) is 1.20. The standard InChI is InChI=1S/C10H12O3/c1-6-5-13-9-4-7(11)3-8(12-2)10(6)9/h3-4,6,11H,5H2,1-2H3. The number of methoxy groups -OCH3 is 1. The number of rotatable bonds is 1.